The highest BCUT2D eigenvalue weighted by atomic mass is 32.1. The molecule has 116 valence electrons. The Hall–Kier alpha value is -2.74. The van der Waals surface area contributed by atoms with Crippen LogP contribution in [0.15, 0.2) is 34.5 Å². The third-order valence-electron chi connectivity index (χ3n) is 3.30. The summed E-state index contributed by atoms with van der Waals surface area (Å²) in [6.07, 6.45) is 0. The molecular weight excluding hydrogens is 310 g/mol. The van der Waals surface area contributed by atoms with Gasteiger partial charge in [0.05, 0.1) is 24.4 Å². The van der Waals surface area contributed by atoms with Crippen molar-refractivity contribution in [1.29, 1.82) is 5.26 Å². The highest BCUT2D eigenvalue weighted by Gasteiger charge is 2.14. The number of anilines is 1. The van der Waals surface area contributed by atoms with E-state index in [0.717, 1.165) is 5.69 Å². The van der Waals surface area contributed by atoms with E-state index < -0.39 is 0 Å². The lowest BCUT2D eigenvalue weighted by Crippen LogP contribution is -2.20. The zero-order valence-electron chi connectivity index (χ0n) is 12.8. The monoisotopic (exact) mass is 325 g/mol. The molecule has 6 nitrogen and oxygen atoms in total. The summed E-state index contributed by atoms with van der Waals surface area (Å²) in [7, 11) is 1.90. The Balaban J connectivity index is 2.21. The summed E-state index contributed by atoms with van der Waals surface area (Å²) in [6.45, 7) is 9.49. The van der Waals surface area contributed by atoms with Gasteiger partial charge in [-0.15, -0.1) is 21.6 Å². The first-order valence-corrected chi connectivity index (χ1v) is 7.67. The molecule has 0 saturated carbocycles. The van der Waals surface area contributed by atoms with Crippen LogP contribution in [0.1, 0.15) is 11.1 Å². The summed E-state index contributed by atoms with van der Waals surface area (Å²) in [6, 6.07) is 9.48. The van der Waals surface area contributed by atoms with E-state index in [1.165, 1.54) is 11.3 Å². The van der Waals surface area contributed by atoms with Crippen LogP contribution in [-0.4, -0.2) is 25.3 Å². The standard InChI is InChI=1S/C16H15N5OS/c1-11-14(10-17)16(23-15(11)18-2)20-19-12-4-6-13(7-5-12)21(3)8-9-22/h4-7,22H,8-9H2,1,3H3. The molecule has 1 aromatic heterocycles. The second-order valence-electron chi connectivity index (χ2n) is 4.80. The number of hydrogen-bond donors (Lipinski definition) is 1. The van der Waals surface area contributed by atoms with Crippen molar-refractivity contribution in [3.8, 4) is 6.07 Å². The quantitative estimate of drug-likeness (QED) is 0.657. The fourth-order valence-electron chi connectivity index (χ4n) is 1.95. The molecule has 2 aromatic rings. The Bertz CT molecular complexity index is 796. The molecule has 1 aromatic carbocycles. The number of likely N-dealkylation sites (N-methyl/N-ethyl adjacent to an activating group) is 1. The van der Waals surface area contributed by atoms with Crippen molar-refractivity contribution in [2.45, 2.75) is 6.92 Å². The van der Waals surface area contributed by atoms with Crippen molar-refractivity contribution in [2.75, 3.05) is 25.1 Å². The van der Waals surface area contributed by atoms with Crippen molar-refractivity contribution in [3.63, 3.8) is 0 Å². The molecule has 1 heterocycles. The maximum atomic E-state index is 9.18. The van der Waals surface area contributed by atoms with Gasteiger partial charge >= 0.3 is 0 Å². The second-order valence-corrected chi connectivity index (χ2v) is 5.78. The average molecular weight is 325 g/mol. The fraction of sp³-hybridized carbons (Fsp3) is 0.250. The van der Waals surface area contributed by atoms with Crippen LogP contribution in [0.2, 0.25) is 0 Å². The molecule has 0 amide bonds. The molecule has 0 unspecified atom stereocenters. The number of benzene rings is 1. The summed E-state index contributed by atoms with van der Waals surface area (Å²) in [5.74, 6) is 0. The molecule has 1 N–H and O–H groups in total. The first-order chi connectivity index (χ1) is 11.1. The minimum absolute atomic E-state index is 0.0933. The highest BCUT2D eigenvalue weighted by molar-refractivity contribution is 7.20. The number of hydrogen-bond acceptors (Lipinski definition) is 6. The minimum Gasteiger partial charge on any atom is -0.395 e. The van der Waals surface area contributed by atoms with Crippen LogP contribution in [0.5, 0.6) is 0 Å². The summed E-state index contributed by atoms with van der Waals surface area (Å²) >= 11 is 1.17. The molecule has 0 saturated heterocycles. The summed E-state index contributed by atoms with van der Waals surface area (Å²) in [4.78, 5) is 5.32. The molecular formula is C16H15N5OS. The fourth-order valence-corrected chi connectivity index (χ4v) is 2.82. The molecule has 0 atom stereocenters. The van der Waals surface area contributed by atoms with E-state index in [1.54, 1.807) is 6.92 Å². The lowest BCUT2D eigenvalue weighted by Gasteiger charge is -2.17. The molecule has 0 aliphatic rings. The number of nitriles is 1. The van der Waals surface area contributed by atoms with Gasteiger partial charge < -0.3 is 10.0 Å². The Morgan fingerprint density at radius 2 is 2.04 bits per heavy atom. The predicted molar refractivity (Wildman–Crippen MR) is 91.0 cm³/mol. The Morgan fingerprint density at radius 1 is 1.35 bits per heavy atom. The van der Waals surface area contributed by atoms with Gasteiger partial charge in [0.1, 0.15) is 11.1 Å². The predicted octanol–water partition coefficient (Wildman–Crippen LogP) is 4.32. The Kier molecular flexibility index (Phi) is 5.42. The van der Waals surface area contributed by atoms with Crippen LogP contribution in [0.25, 0.3) is 4.85 Å². The van der Waals surface area contributed by atoms with E-state index >= 15 is 0 Å². The van der Waals surface area contributed by atoms with Crippen LogP contribution in [0.3, 0.4) is 0 Å². The van der Waals surface area contributed by atoms with Gasteiger partial charge in [-0.1, -0.05) is 0 Å². The van der Waals surface area contributed by atoms with Gasteiger partial charge in [0.2, 0.25) is 5.00 Å². The average Bonchev–Trinajstić information content (AvgIpc) is 2.88. The van der Waals surface area contributed by atoms with E-state index in [4.69, 9.17) is 11.7 Å². The third-order valence-corrected chi connectivity index (χ3v) is 4.37. The van der Waals surface area contributed by atoms with E-state index in [0.29, 0.717) is 33.4 Å². The molecule has 0 spiro atoms. The van der Waals surface area contributed by atoms with Crippen molar-refractivity contribution in [1.82, 2.24) is 0 Å². The van der Waals surface area contributed by atoms with Gasteiger partial charge in [-0.3, -0.25) is 0 Å². The number of thiophene rings is 1. The molecule has 0 bridgehead atoms. The van der Waals surface area contributed by atoms with Crippen LogP contribution in [0.4, 0.5) is 21.4 Å². The molecule has 7 heteroatoms. The van der Waals surface area contributed by atoms with Crippen molar-refractivity contribution >= 4 is 32.7 Å². The van der Waals surface area contributed by atoms with E-state index in [-0.39, 0.29) is 6.61 Å². The van der Waals surface area contributed by atoms with Crippen LogP contribution < -0.4 is 4.90 Å². The van der Waals surface area contributed by atoms with E-state index in [1.807, 2.05) is 36.2 Å². The van der Waals surface area contributed by atoms with Gasteiger partial charge in [0.25, 0.3) is 0 Å². The molecule has 0 radical (unpaired) electrons. The van der Waals surface area contributed by atoms with Gasteiger partial charge in [-0.2, -0.15) is 5.26 Å². The first kappa shape index (κ1) is 16.6. The van der Waals surface area contributed by atoms with Gasteiger partial charge in [-0.25, -0.2) is 4.85 Å². The number of rotatable bonds is 5. The zero-order valence-corrected chi connectivity index (χ0v) is 13.6. The lowest BCUT2D eigenvalue weighted by atomic mass is 10.2. The highest BCUT2D eigenvalue weighted by Crippen LogP contribution is 2.41. The Morgan fingerprint density at radius 3 is 2.61 bits per heavy atom. The van der Waals surface area contributed by atoms with E-state index in [9.17, 15) is 5.26 Å². The zero-order chi connectivity index (χ0) is 16.8. The smallest absolute Gasteiger partial charge is 0.247 e. The Labute approximate surface area is 138 Å². The topological polar surface area (TPSA) is 76.3 Å². The normalized spacial score (nSPS) is 10.5. The summed E-state index contributed by atoms with van der Waals surface area (Å²) in [5.41, 5.74) is 2.69. The van der Waals surface area contributed by atoms with Gasteiger partial charge in [-0.05, 0) is 36.8 Å². The molecule has 0 aliphatic heterocycles. The summed E-state index contributed by atoms with van der Waals surface area (Å²) in [5, 5.41) is 27.3. The molecule has 2 rings (SSSR count). The first-order valence-electron chi connectivity index (χ1n) is 6.85. The SMILES string of the molecule is [C-]#[N+]c1sc(N=Nc2ccc(N(C)CCO)cc2)c(C#N)c1C. The maximum Gasteiger partial charge on any atom is 0.247 e. The second kappa shape index (κ2) is 7.50. The lowest BCUT2D eigenvalue weighted by molar-refractivity contribution is 0.304. The van der Waals surface area contributed by atoms with Crippen molar-refractivity contribution in [2.24, 2.45) is 10.2 Å². The molecule has 23 heavy (non-hydrogen) atoms. The number of azo groups is 1. The maximum absolute atomic E-state index is 9.18. The van der Waals surface area contributed by atoms with Gasteiger partial charge in [0, 0.05) is 19.3 Å². The van der Waals surface area contributed by atoms with Crippen LogP contribution in [-0.2, 0) is 0 Å². The number of nitrogens with zero attached hydrogens (tertiary/aromatic N) is 5. The largest absolute Gasteiger partial charge is 0.395 e. The number of aliphatic hydroxyl groups excluding tert-OH is 1. The minimum atomic E-state index is 0.0933. The molecule has 0 aliphatic carbocycles. The van der Waals surface area contributed by atoms with E-state index in [2.05, 4.69) is 21.1 Å². The summed E-state index contributed by atoms with van der Waals surface area (Å²) < 4.78 is 0. The van der Waals surface area contributed by atoms with Crippen LogP contribution in [0, 0.1) is 24.8 Å². The third kappa shape index (κ3) is 3.72. The van der Waals surface area contributed by atoms with Crippen molar-refractivity contribution in [3.05, 3.63) is 46.8 Å². The van der Waals surface area contributed by atoms with Crippen LogP contribution >= 0.6 is 11.3 Å². The molecule has 0 fully saturated rings. The number of aliphatic hydroxyl groups is 1. The van der Waals surface area contributed by atoms with Crippen molar-refractivity contribution < 1.29 is 5.11 Å². The van der Waals surface area contributed by atoms with Gasteiger partial charge in [0.15, 0.2) is 0 Å².